The molecule has 0 saturated heterocycles. The van der Waals surface area contributed by atoms with Crippen LogP contribution in [0.2, 0.25) is 0 Å². The third-order valence-electron chi connectivity index (χ3n) is 2.76. The number of nitrogens with zero attached hydrogens (tertiary/aromatic N) is 2. The van der Waals surface area contributed by atoms with E-state index in [4.69, 9.17) is 4.52 Å². The molecule has 112 valence electrons. The Morgan fingerprint density at radius 3 is 2.81 bits per heavy atom. The van der Waals surface area contributed by atoms with Gasteiger partial charge in [-0.05, 0) is 24.3 Å². The van der Waals surface area contributed by atoms with Crippen LogP contribution in [0.25, 0.3) is 11.5 Å². The number of carbonyl (C=O) groups is 1. The second kappa shape index (κ2) is 7.21. The van der Waals surface area contributed by atoms with Crippen LogP contribution in [0.15, 0.2) is 28.8 Å². The highest BCUT2D eigenvalue weighted by atomic mass is 32.2. The number of benzene rings is 1. The number of aromatic nitrogens is 2. The third-order valence-corrected chi connectivity index (χ3v) is 3.96. The number of carbonyl (C=O) groups excluding carboxylic acids is 1. The highest BCUT2D eigenvalue weighted by Gasteiger charge is 2.14. The van der Waals surface area contributed by atoms with Gasteiger partial charge in [-0.15, -0.1) is 0 Å². The van der Waals surface area contributed by atoms with Gasteiger partial charge in [0.25, 0.3) is 5.89 Å². The minimum absolute atomic E-state index is 0.177. The van der Waals surface area contributed by atoms with Crippen molar-refractivity contribution in [1.82, 2.24) is 10.1 Å². The van der Waals surface area contributed by atoms with Gasteiger partial charge in [0.1, 0.15) is 5.82 Å². The number of esters is 1. The Kier molecular flexibility index (Phi) is 5.32. The molecule has 0 aliphatic rings. The molecule has 0 radical (unpaired) electrons. The Labute approximate surface area is 125 Å². The van der Waals surface area contributed by atoms with Gasteiger partial charge >= 0.3 is 5.97 Å². The molecule has 0 amide bonds. The first kappa shape index (κ1) is 15.5. The van der Waals surface area contributed by atoms with Gasteiger partial charge in [-0.25, -0.2) is 4.39 Å². The van der Waals surface area contributed by atoms with E-state index < -0.39 is 0 Å². The van der Waals surface area contributed by atoms with E-state index in [2.05, 4.69) is 14.9 Å². The Hall–Kier alpha value is -1.89. The van der Waals surface area contributed by atoms with Crippen molar-refractivity contribution in [3.63, 3.8) is 0 Å². The van der Waals surface area contributed by atoms with Crippen molar-refractivity contribution in [3.8, 4) is 11.5 Å². The summed E-state index contributed by atoms with van der Waals surface area (Å²) >= 11 is 1.52. The fourth-order valence-electron chi connectivity index (χ4n) is 1.62. The summed E-state index contributed by atoms with van der Waals surface area (Å²) < 4.78 is 22.6. The van der Waals surface area contributed by atoms with Crippen LogP contribution in [0.4, 0.5) is 4.39 Å². The van der Waals surface area contributed by atoms with Crippen molar-refractivity contribution in [1.29, 1.82) is 0 Å². The molecule has 1 heterocycles. The Balaban J connectivity index is 1.89. The molecule has 7 heteroatoms. The van der Waals surface area contributed by atoms with Crippen LogP contribution in [0.1, 0.15) is 12.7 Å². The summed E-state index contributed by atoms with van der Waals surface area (Å²) in [6.07, 6.45) is 0. The summed E-state index contributed by atoms with van der Waals surface area (Å²) in [5.41, 5.74) is 0.670. The topological polar surface area (TPSA) is 65.2 Å². The quantitative estimate of drug-likeness (QED) is 0.764. The van der Waals surface area contributed by atoms with Gasteiger partial charge in [0.05, 0.1) is 18.8 Å². The highest BCUT2D eigenvalue weighted by molar-refractivity contribution is 7.98. The van der Waals surface area contributed by atoms with E-state index in [0.717, 1.165) is 0 Å². The maximum absolute atomic E-state index is 12.8. The van der Waals surface area contributed by atoms with Gasteiger partial charge in [-0.3, -0.25) is 4.79 Å². The number of thioether (sulfide) groups is 1. The van der Waals surface area contributed by atoms with Gasteiger partial charge in [0.15, 0.2) is 5.82 Å². The first-order chi connectivity index (χ1) is 10.1. The summed E-state index contributed by atoms with van der Waals surface area (Å²) in [5.74, 6) is 1.32. The minimum Gasteiger partial charge on any atom is -0.469 e. The number of methoxy groups -OCH3 is 1. The first-order valence-electron chi connectivity index (χ1n) is 6.34. The van der Waals surface area contributed by atoms with Crippen LogP contribution in [-0.2, 0) is 15.3 Å². The normalized spacial score (nSPS) is 12.1. The molecule has 1 aromatic carbocycles. The van der Waals surface area contributed by atoms with E-state index >= 15 is 0 Å². The minimum atomic E-state index is -0.314. The van der Waals surface area contributed by atoms with Crippen molar-refractivity contribution in [3.05, 3.63) is 35.9 Å². The molecule has 21 heavy (non-hydrogen) atoms. The molecule has 1 atom stereocenters. The monoisotopic (exact) mass is 310 g/mol. The second-order valence-electron chi connectivity index (χ2n) is 4.46. The zero-order valence-electron chi connectivity index (χ0n) is 11.7. The predicted molar refractivity (Wildman–Crippen MR) is 77.0 cm³/mol. The van der Waals surface area contributed by atoms with E-state index in [9.17, 15) is 9.18 Å². The Morgan fingerprint density at radius 1 is 1.43 bits per heavy atom. The maximum atomic E-state index is 12.8. The molecule has 0 aliphatic heterocycles. The van der Waals surface area contributed by atoms with E-state index in [1.807, 2.05) is 0 Å². The van der Waals surface area contributed by atoms with E-state index in [1.165, 1.54) is 31.0 Å². The van der Waals surface area contributed by atoms with E-state index in [1.54, 1.807) is 19.1 Å². The summed E-state index contributed by atoms with van der Waals surface area (Å²) in [7, 11) is 1.37. The smallest absolute Gasteiger partial charge is 0.309 e. The number of hydrogen-bond donors (Lipinski definition) is 0. The van der Waals surface area contributed by atoms with Gasteiger partial charge in [0.2, 0.25) is 0 Å². The molecule has 2 aromatic rings. The van der Waals surface area contributed by atoms with Gasteiger partial charge in [-0.2, -0.15) is 16.7 Å². The van der Waals surface area contributed by atoms with Crippen LogP contribution in [0.3, 0.4) is 0 Å². The molecular weight excluding hydrogens is 295 g/mol. The van der Waals surface area contributed by atoms with Gasteiger partial charge in [-0.1, -0.05) is 12.1 Å². The molecule has 0 spiro atoms. The van der Waals surface area contributed by atoms with Gasteiger partial charge in [0, 0.05) is 11.3 Å². The fraction of sp³-hybridized carbons (Fsp3) is 0.357. The SMILES string of the molecule is COC(=O)C(C)CSCc1noc(-c2ccc(F)cc2)n1. The number of hydrogen-bond acceptors (Lipinski definition) is 6. The largest absolute Gasteiger partial charge is 0.469 e. The second-order valence-corrected chi connectivity index (χ2v) is 5.49. The lowest BCUT2D eigenvalue weighted by atomic mass is 10.2. The molecular formula is C14H15FN2O3S. The molecule has 0 aliphatic carbocycles. The number of ether oxygens (including phenoxy) is 1. The molecule has 0 bridgehead atoms. The summed E-state index contributed by atoms with van der Waals surface area (Å²) in [4.78, 5) is 15.5. The molecule has 2 rings (SSSR count). The van der Waals surface area contributed by atoms with Crippen LogP contribution < -0.4 is 0 Å². The standard InChI is InChI=1S/C14H15FN2O3S/c1-9(14(18)19-2)7-21-8-12-16-13(20-17-12)10-3-5-11(15)6-4-10/h3-6,9H,7-8H2,1-2H3. The number of rotatable bonds is 6. The summed E-state index contributed by atoms with van der Waals surface area (Å²) in [6.45, 7) is 1.80. The van der Waals surface area contributed by atoms with Crippen molar-refractivity contribution < 1.29 is 18.4 Å². The van der Waals surface area contributed by atoms with Crippen molar-refractivity contribution in [2.75, 3.05) is 12.9 Å². The molecule has 0 N–H and O–H groups in total. The predicted octanol–water partition coefficient (Wildman–Crippen LogP) is 2.92. The summed E-state index contributed by atoms with van der Waals surface area (Å²) in [6, 6.07) is 5.84. The molecule has 0 fully saturated rings. The third kappa shape index (κ3) is 4.29. The van der Waals surface area contributed by atoms with Crippen LogP contribution in [0.5, 0.6) is 0 Å². The molecule has 5 nitrogen and oxygen atoms in total. The average Bonchev–Trinajstić information content (AvgIpc) is 2.95. The zero-order valence-corrected chi connectivity index (χ0v) is 12.5. The lowest BCUT2D eigenvalue weighted by Crippen LogP contribution is -2.14. The van der Waals surface area contributed by atoms with Gasteiger partial charge < -0.3 is 9.26 Å². The van der Waals surface area contributed by atoms with Crippen LogP contribution >= 0.6 is 11.8 Å². The van der Waals surface area contributed by atoms with Crippen molar-refractivity contribution in [2.45, 2.75) is 12.7 Å². The van der Waals surface area contributed by atoms with Crippen molar-refractivity contribution in [2.24, 2.45) is 5.92 Å². The zero-order chi connectivity index (χ0) is 15.2. The Morgan fingerprint density at radius 2 is 2.14 bits per heavy atom. The van der Waals surface area contributed by atoms with Crippen LogP contribution in [0, 0.1) is 11.7 Å². The molecule has 1 aromatic heterocycles. The summed E-state index contributed by atoms with van der Waals surface area (Å²) in [5, 5.41) is 3.86. The lowest BCUT2D eigenvalue weighted by molar-refractivity contribution is -0.143. The first-order valence-corrected chi connectivity index (χ1v) is 7.49. The van der Waals surface area contributed by atoms with E-state index in [0.29, 0.717) is 28.8 Å². The lowest BCUT2D eigenvalue weighted by Gasteiger charge is -2.06. The average molecular weight is 310 g/mol. The highest BCUT2D eigenvalue weighted by Crippen LogP contribution is 2.20. The molecule has 1 unspecified atom stereocenters. The number of halogens is 1. The van der Waals surface area contributed by atoms with Crippen LogP contribution in [-0.4, -0.2) is 29.0 Å². The van der Waals surface area contributed by atoms with E-state index in [-0.39, 0.29) is 17.7 Å². The van der Waals surface area contributed by atoms with Crippen molar-refractivity contribution >= 4 is 17.7 Å². The fourth-order valence-corrected chi connectivity index (χ4v) is 2.53. The molecule has 0 saturated carbocycles. The maximum Gasteiger partial charge on any atom is 0.309 e. The Bertz CT molecular complexity index is 601.